The van der Waals surface area contributed by atoms with Gasteiger partial charge in [0.1, 0.15) is 17.4 Å². The summed E-state index contributed by atoms with van der Waals surface area (Å²) in [7, 11) is 1.63. The summed E-state index contributed by atoms with van der Waals surface area (Å²) in [6, 6.07) is 7.72. The molecule has 2 N–H and O–H groups in total. The van der Waals surface area contributed by atoms with E-state index in [1.807, 2.05) is 31.3 Å². The van der Waals surface area contributed by atoms with Crippen LogP contribution in [0.4, 0.5) is 10.2 Å². The normalized spacial score (nSPS) is 18.5. The third-order valence-corrected chi connectivity index (χ3v) is 5.17. The largest absolute Gasteiger partial charge is 0.494 e. The van der Waals surface area contributed by atoms with Gasteiger partial charge < -0.3 is 10.1 Å². The van der Waals surface area contributed by atoms with Crippen molar-refractivity contribution in [3.63, 3.8) is 0 Å². The van der Waals surface area contributed by atoms with Gasteiger partial charge in [0.2, 0.25) is 5.91 Å². The van der Waals surface area contributed by atoms with Crippen molar-refractivity contribution in [2.75, 3.05) is 12.4 Å². The zero-order chi connectivity index (χ0) is 19.4. The van der Waals surface area contributed by atoms with Crippen LogP contribution in [0.15, 0.2) is 36.7 Å². The minimum absolute atomic E-state index is 0.292. The van der Waals surface area contributed by atoms with E-state index in [0.29, 0.717) is 12.2 Å². The Bertz CT molecular complexity index is 1230. The van der Waals surface area contributed by atoms with Gasteiger partial charge >= 0.3 is 0 Å². The van der Waals surface area contributed by atoms with Crippen LogP contribution in [0.5, 0.6) is 5.75 Å². The Balaban J connectivity index is 1.55. The molecule has 8 heteroatoms. The van der Waals surface area contributed by atoms with Crippen LogP contribution in [0, 0.1) is 12.8 Å². The Morgan fingerprint density at radius 2 is 2.21 bits per heavy atom. The lowest BCUT2D eigenvalue weighted by molar-refractivity contribution is -0.117. The molecule has 0 radical (unpaired) electrons. The third-order valence-electron chi connectivity index (χ3n) is 5.17. The number of benzene rings is 1. The van der Waals surface area contributed by atoms with Crippen molar-refractivity contribution in [1.82, 2.24) is 19.8 Å². The lowest BCUT2D eigenvalue weighted by atomic mass is 9.97. The highest BCUT2D eigenvalue weighted by Crippen LogP contribution is 2.37. The average Bonchev–Trinajstić information content (AvgIpc) is 3.06. The van der Waals surface area contributed by atoms with E-state index in [-0.39, 0.29) is 5.91 Å². The molecular weight excluding hydrogens is 361 g/mol. The zero-order valence-electron chi connectivity index (χ0n) is 15.4. The van der Waals surface area contributed by atoms with Crippen LogP contribution in [-0.2, 0) is 4.79 Å². The summed E-state index contributed by atoms with van der Waals surface area (Å²) in [6.45, 7) is 2.03. The minimum atomic E-state index is -1.03. The van der Waals surface area contributed by atoms with Crippen molar-refractivity contribution in [3.05, 3.63) is 42.2 Å². The van der Waals surface area contributed by atoms with Gasteiger partial charge in [0.25, 0.3) is 0 Å². The lowest BCUT2D eigenvalue weighted by Gasteiger charge is -2.11. The second-order valence-corrected chi connectivity index (χ2v) is 7.09. The first-order chi connectivity index (χ1) is 13.5. The fourth-order valence-corrected chi connectivity index (χ4v) is 3.63. The van der Waals surface area contributed by atoms with Crippen LogP contribution in [0.2, 0.25) is 0 Å². The number of H-pyrrole nitrogens is 1. The number of carbonyl (C=O) groups is 1. The number of methoxy groups -OCH3 is 1. The van der Waals surface area contributed by atoms with Gasteiger partial charge in [-0.3, -0.25) is 9.89 Å². The van der Waals surface area contributed by atoms with E-state index in [1.165, 1.54) is 0 Å². The van der Waals surface area contributed by atoms with Gasteiger partial charge in [0, 0.05) is 17.6 Å². The molecule has 0 aliphatic heterocycles. The summed E-state index contributed by atoms with van der Waals surface area (Å²) in [6.07, 6.45) is 2.89. The fraction of sp³-hybridized carbons (Fsp3) is 0.250. The van der Waals surface area contributed by atoms with Crippen molar-refractivity contribution in [1.29, 1.82) is 0 Å². The zero-order valence-corrected chi connectivity index (χ0v) is 15.4. The Labute approximate surface area is 159 Å². The maximum absolute atomic E-state index is 13.1. The molecule has 28 heavy (non-hydrogen) atoms. The number of amides is 1. The van der Waals surface area contributed by atoms with Crippen molar-refractivity contribution in [2.24, 2.45) is 5.92 Å². The van der Waals surface area contributed by atoms with Crippen LogP contribution in [0.25, 0.3) is 27.5 Å². The number of aromatic nitrogens is 4. The summed E-state index contributed by atoms with van der Waals surface area (Å²) in [4.78, 5) is 11.9. The molecule has 7 nitrogen and oxygen atoms in total. The molecule has 0 spiro atoms. The first kappa shape index (κ1) is 16.7. The molecule has 1 amide bonds. The predicted octanol–water partition coefficient (Wildman–Crippen LogP) is 3.49. The van der Waals surface area contributed by atoms with Gasteiger partial charge in [-0.2, -0.15) is 10.2 Å². The number of aromatic amines is 1. The molecule has 3 aromatic heterocycles. The second-order valence-electron chi connectivity index (χ2n) is 7.09. The molecule has 0 saturated heterocycles. The van der Waals surface area contributed by atoms with Gasteiger partial charge in [0.15, 0.2) is 5.82 Å². The molecule has 0 unspecified atom stereocenters. The van der Waals surface area contributed by atoms with Crippen molar-refractivity contribution < 1.29 is 13.9 Å². The number of alkyl halides is 1. The van der Waals surface area contributed by atoms with Gasteiger partial charge in [-0.1, -0.05) is 0 Å². The number of nitrogens with one attached hydrogen (secondary N) is 2. The van der Waals surface area contributed by atoms with Crippen molar-refractivity contribution in [3.8, 4) is 16.9 Å². The first-order valence-electron chi connectivity index (χ1n) is 9.00. The summed E-state index contributed by atoms with van der Waals surface area (Å²) in [5.41, 5.74) is 4.78. The Kier molecular flexibility index (Phi) is 3.61. The molecule has 1 fully saturated rings. The molecule has 1 aromatic carbocycles. The highest BCUT2D eigenvalue weighted by molar-refractivity contribution is 6.00. The molecule has 1 aliphatic carbocycles. The number of nitrogens with zero attached hydrogens (tertiary/aromatic N) is 3. The number of aryl methyl sites for hydroxylation is 1. The average molecular weight is 379 g/mol. The number of anilines is 1. The molecular formula is C20H18FN5O2. The van der Waals surface area contributed by atoms with Gasteiger partial charge in [-0.05, 0) is 48.2 Å². The summed E-state index contributed by atoms with van der Waals surface area (Å²) in [5.74, 6) is 0.301. The Morgan fingerprint density at radius 1 is 1.39 bits per heavy atom. The topological polar surface area (TPSA) is 84.3 Å². The van der Waals surface area contributed by atoms with E-state index in [9.17, 15) is 9.18 Å². The fourth-order valence-electron chi connectivity index (χ4n) is 3.63. The first-order valence-corrected chi connectivity index (χ1v) is 9.00. The highest BCUT2D eigenvalue weighted by atomic mass is 19.1. The monoisotopic (exact) mass is 379 g/mol. The number of hydrogen-bond donors (Lipinski definition) is 2. The molecule has 5 rings (SSSR count). The maximum Gasteiger partial charge on any atom is 0.231 e. The van der Waals surface area contributed by atoms with E-state index in [2.05, 4.69) is 20.6 Å². The van der Waals surface area contributed by atoms with E-state index in [4.69, 9.17) is 4.74 Å². The summed E-state index contributed by atoms with van der Waals surface area (Å²) in [5, 5.41) is 15.2. The number of rotatable bonds is 4. The van der Waals surface area contributed by atoms with Gasteiger partial charge in [-0.15, -0.1) is 0 Å². The number of halogens is 1. The van der Waals surface area contributed by atoms with Gasteiger partial charge in [-0.25, -0.2) is 8.91 Å². The Morgan fingerprint density at radius 3 is 2.96 bits per heavy atom. The number of hydrogen-bond acceptors (Lipinski definition) is 4. The summed E-state index contributed by atoms with van der Waals surface area (Å²) >= 11 is 0. The number of pyridine rings is 1. The molecule has 1 aliphatic rings. The molecule has 142 valence electrons. The van der Waals surface area contributed by atoms with Crippen molar-refractivity contribution >= 4 is 28.1 Å². The number of fused-ring (bicyclic) bond motifs is 2. The molecule has 3 heterocycles. The molecule has 4 aromatic rings. The SMILES string of the molecule is COc1cc(C)c(-c2ccn3nc(NC(=O)[C@@H]4C[C@@H]4F)cc3c2)c2cn[nH]c12. The van der Waals surface area contributed by atoms with Crippen molar-refractivity contribution in [2.45, 2.75) is 19.5 Å². The van der Waals surface area contributed by atoms with E-state index >= 15 is 0 Å². The Hall–Kier alpha value is -3.42. The molecule has 2 atom stereocenters. The van der Waals surface area contributed by atoms with Gasteiger partial charge in [0.05, 0.1) is 24.7 Å². The third kappa shape index (κ3) is 2.60. The van der Waals surface area contributed by atoms with E-state index in [1.54, 1.807) is 23.9 Å². The van der Waals surface area contributed by atoms with Crippen LogP contribution < -0.4 is 10.1 Å². The molecule has 1 saturated carbocycles. The van der Waals surface area contributed by atoms with E-state index in [0.717, 1.165) is 38.9 Å². The van der Waals surface area contributed by atoms with Crippen LogP contribution in [0.3, 0.4) is 0 Å². The van der Waals surface area contributed by atoms with Crippen LogP contribution in [0.1, 0.15) is 12.0 Å². The predicted molar refractivity (Wildman–Crippen MR) is 103 cm³/mol. The number of ether oxygens (including phenoxy) is 1. The van der Waals surface area contributed by atoms with E-state index < -0.39 is 12.1 Å². The maximum atomic E-state index is 13.1. The van der Waals surface area contributed by atoms with Crippen LogP contribution >= 0.6 is 0 Å². The standard InChI is InChI=1S/C20H18FN5O2/c1-10-5-16(28-2)19-14(9-22-24-19)18(10)11-3-4-26-12(6-11)7-17(25-26)23-20(27)13-8-15(13)21/h3-7,9,13,15H,8H2,1-2H3,(H,22,24)(H,23,25,27)/t13-,15+/m1/s1. The quantitative estimate of drug-likeness (QED) is 0.568. The second kappa shape index (κ2) is 6.05. The molecule has 0 bridgehead atoms. The van der Waals surface area contributed by atoms with Crippen LogP contribution in [-0.4, -0.2) is 39.0 Å². The highest BCUT2D eigenvalue weighted by Gasteiger charge is 2.43. The number of carbonyl (C=O) groups excluding carboxylic acids is 1. The summed E-state index contributed by atoms with van der Waals surface area (Å²) < 4.78 is 20.2. The lowest BCUT2D eigenvalue weighted by Crippen LogP contribution is -2.15. The smallest absolute Gasteiger partial charge is 0.231 e. The minimum Gasteiger partial charge on any atom is -0.494 e.